The summed E-state index contributed by atoms with van der Waals surface area (Å²) in [7, 11) is 0. The van der Waals surface area contributed by atoms with E-state index in [4.69, 9.17) is 0 Å². The van der Waals surface area contributed by atoms with Crippen LogP contribution in [0.3, 0.4) is 0 Å². The van der Waals surface area contributed by atoms with Gasteiger partial charge in [0, 0.05) is 6.04 Å². The summed E-state index contributed by atoms with van der Waals surface area (Å²) in [6.45, 7) is 6.28. The van der Waals surface area contributed by atoms with Gasteiger partial charge in [-0.2, -0.15) is 0 Å². The first kappa shape index (κ1) is 12.9. The normalized spacial score (nSPS) is 39.3. The van der Waals surface area contributed by atoms with Crippen LogP contribution in [-0.2, 0) is 9.59 Å². The number of amides is 2. The van der Waals surface area contributed by atoms with Gasteiger partial charge in [-0.15, -0.1) is 0 Å². The minimum Gasteiger partial charge on any atom is -0.342 e. The zero-order chi connectivity index (χ0) is 13.7. The summed E-state index contributed by atoms with van der Waals surface area (Å²) < 4.78 is 0. The van der Waals surface area contributed by atoms with Crippen LogP contribution >= 0.6 is 0 Å². The van der Waals surface area contributed by atoms with Gasteiger partial charge in [0.25, 0.3) is 0 Å². The minimum atomic E-state index is -0.264. The molecule has 0 radical (unpaired) electrons. The third-order valence-electron chi connectivity index (χ3n) is 4.85. The summed E-state index contributed by atoms with van der Waals surface area (Å²) in [6.07, 6.45) is 4.27. The summed E-state index contributed by atoms with van der Waals surface area (Å²) in [5.41, 5.74) is 0. The van der Waals surface area contributed by atoms with Crippen molar-refractivity contribution in [2.24, 2.45) is 17.8 Å². The van der Waals surface area contributed by atoms with Gasteiger partial charge in [-0.3, -0.25) is 9.59 Å². The standard InChI is InChI=1S/C15H24N2O2/c1-8(2)13-14(18)16-12(10-4-5-10)15(19)17(13)11-6-9(3)7-11/h8-13H,4-7H2,1-3H3,(H,16,18). The number of nitrogens with zero attached hydrogens (tertiary/aromatic N) is 1. The maximum atomic E-state index is 12.7. The van der Waals surface area contributed by atoms with E-state index in [-0.39, 0.29) is 29.8 Å². The van der Waals surface area contributed by atoms with Crippen molar-refractivity contribution in [2.45, 2.75) is 64.6 Å². The Kier molecular flexibility index (Phi) is 3.06. The topological polar surface area (TPSA) is 49.4 Å². The molecule has 1 saturated heterocycles. The second-order valence-electron chi connectivity index (χ2n) is 6.99. The molecule has 19 heavy (non-hydrogen) atoms. The molecule has 2 unspecified atom stereocenters. The molecule has 0 aromatic heterocycles. The van der Waals surface area contributed by atoms with Crippen LogP contribution in [0, 0.1) is 17.8 Å². The fourth-order valence-corrected chi connectivity index (χ4v) is 3.59. The highest BCUT2D eigenvalue weighted by Gasteiger charge is 2.51. The van der Waals surface area contributed by atoms with E-state index in [0.29, 0.717) is 17.9 Å². The van der Waals surface area contributed by atoms with Crippen LogP contribution in [0.5, 0.6) is 0 Å². The summed E-state index contributed by atoms with van der Waals surface area (Å²) in [4.78, 5) is 27.0. The predicted octanol–water partition coefficient (Wildman–Crippen LogP) is 1.55. The molecule has 4 nitrogen and oxygen atoms in total. The molecular weight excluding hydrogens is 240 g/mol. The molecule has 2 atom stereocenters. The van der Waals surface area contributed by atoms with Crippen molar-refractivity contribution in [3.8, 4) is 0 Å². The van der Waals surface area contributed by atoms with Crippen LogP contribution in [0.15, 0.2) is 0 Å². The van der Waals surface area contributed by atoms with E-state index in [1.807, 2.05) is 18.7 Å². The second kappa shape index (κ2) is 4.50. The molecule has 0 aromatic carbocycles. The number of carbonyl (C=O) groups excluding carboxylic acids is 2. The molecular formula is C15H24N2O2. The lowest BCUT2D eigenvalue weighted by Crippen LogP contribution is -2.69. The Balaban J connectivity index is 1.83. The van der Waals surface area contributed by atoms with Crippen molar-refractivity contribution in [3.63, 3.8) is 0 Å². The van der Waals surface area contributed by atoms with E-state index >= 15 is 0 Å². The van der Waals surface area contributed by atoms with Crippen LogP contribution in [-0.4, -0.2) is 34.8 Å². The third kappa shape index (κ3) is 2.15. The van der Waals surface area contributed by atoms with Crippen molar-refractivity contribution < 1.29 is 9.59 Å². The molecule has 1 aliphatic heterocycles. The molecule has 3 rings (SSSR count). The average molecular weight is 264 g/mol. The van der Waals surface area contributed by atoms with Crippen LogP contribution in [0.2, 0.25) is 0 Å². The number of carbonyl (C=O) groups is 2. The highest BCUT2D eigenvalue weighted by molar-refractivity contribution is 5.97. The minimum absolute atomic E-state index is 0.0612. The first-order valence-corrected chi connectivity index (χ1v) is 7.61. The largest absolute Gasteiger partial charge is 0.342 e. The highest BCUT2D eigenvalue weighted by atomic mass is 16.2. The zero-order valence-corrected chi connectivity index (χ0v) is 12.1. The molecule has 1 heterocycles. The van der Waals surface area contributed by atoms with Crippen molar-refractivity contribution in [2.75, 3.05) is 0 Å². The van der Waals surface area contributed by atoms with Crippen molar-refractivity contribution in [1.82, 2.24) is 10.2 Å². The summed E-state index contributed by atoms with van der Waals surface area (Å²) in [5.74, 6) is 1.50. The SMILES string of the molecule is CC1CC(N2C(=O)C(C3CC3)NC(=O)C2C(C)C)C1. The molecule has 1 N–H and O–H groups in total. The molecule has 3 fully saturated rings. The van der Waals surface area contributed by atoms with Crippen LogP contribution in [0.4, 0.5) is 0 Å². The van der Waals surface area contributed by atoms with Gasteiger partial charge >= 0.3 is 0 Å². The van der Waals surface area contributed by atoms with Gasteiger partial charge in [0.2, 0.25) is 11.8 Å². The number of hydrogen-bond acceptors (Lipinski definition) is 2. The lowest BCUT2D eigenvalue weighted by molar-refractivity contribution is -0.158. The van der Waals surface area contributed by atoms with E-state index < -0.39 is 0 Å². The van der Waals surface area contributed by atoms with Gasteiger partial charge in [-0.05, 0) is 43.4 Å². The number of nitrogens with one attached hydrogen (secondary N) is 1. The molecule has 2 aliphatic carbocycles. The Morgan fingerprint density at radius 3 is 2.32 bits per heavy atom. The Bertz CT molecular complexity index is 397. The Labute approximate surface area is 114 Å². The van der Waals surface area contributed by atoms with E-state index in [1.54, 1.807) is 0 Å². The molecule has 2 amide bonds. The average Bonchev–Trinajstić information content (AvgIpc) is 3.11. The first-order valence-electron chi connectivity index (χ1n) is 7.61. The van der Waals surface area contributed by atoms with Crippen LogP contribution in [0.1, 0.15) is 46.5 Å². The van der Waals surface area contributed by atoms with Gasteiger partial charge in [0.1, 0.15) is 12.1 Å². The van der Waals surface area contributed by atoms with Crippen LogP contribution < -0.4 is 5.32 Å². The molecule has 2 saturated carbocycles. The van der Waals surface area contributed by atoms with Gasteiger partial charge < -0.3 is 10.2 Å². The van der Waals surface area contributed by atoms with Gasteiger partial charge in [-0.1, -0.05) is 20.8 Å². The number of piperazine rings is 1. The lowest BCUT2D eigenvalue weighted by Gasteiger charge is -2.50. The summed E-state index contributed by atoms with van der Waals surface area (Å²) in [6, 6.07) is -0.208. The number of hydrogen-bond donors (Lipinski definition) is 1. The Hall–Kier alpha value is -1.06. The maximum Gasteiger partial charge on any atom is 0.246 e. The Morgan fingerprint density at radius 1 is 1.21 bits per heavy atom. The van der Waals surface area contributed by atoms with Gasteiger partial charge in [-0.25, -0.2) is 0 Å². The highest BCUT2D eigenvalue weighted by Crippen LogP contribution is 2.39. The molecule has 3 aliphatic rings. The summed E-state index contributed by atoms with van der Waals surface area (Å²) in [5, 5.41) is 2.97. The van der Waals surface area contributed by atoms with E-state index in [0.717, 1.165) is 25.7 Å². The smallest absolute Gasteiger partial charge is 0.246 e. The molecule has 0 bridgehead atoms. The second-order valence-corrected chi connectivity index (χ2v) is 6.99. The lowest BCUT2D eigenvalue weighted by atomic mass is 9.78. The predicted molar refractivity (Wildman–Crippen MR) is 72.3 cm³/mol. The molecule has 0 aromatic rings. The Morgan fingerprint density at radius 2 is 1.84 bits per heavy atom. The van der Waals surface area contributed by atoms with E-state index in [9.17, 15) is 9.59 Å². The molecule has 4 heteroatoms. The van der Waals surface area contributed by atoms with E-state index in [2.05, 4.69) is 12.2 Å². The molecule has 0 spiro atoms. The van der Waals surface area contributed by atoms with Gasteiger partial charge in [0.05, 0.1) is 0 Å². The van der Waals surface area contributed by atoms with Crippen molar-refractivity contribution in [1.29, 1.82) is 0 Å². The van der Waals surface area contributed by atoms with E-state index in [1.165, 1.54) is 0 Å². The fourth-order valence-electron chi connectivity index (χ4n) is 3.59. The van der Waals surface area contributed by atoms with Crippen molar-refractivity contribution in [3.05, 3.63) is 0 Å². The first-order chi connectivity index (χ1) is 8.99. The monoisotopic (exact) mass is 264 g/mol. The quantitative estimate of drug-likeness (QED) is 0.840. The molecule has 106 valence electrons. The van der Waals surface area contributed by atoms with Crippen molar-refractivity contribution >= 4 is 11.8 Å². The van der Waals surface area contributed by atoms with Gasteiger partial charge in [0.15, 0.2) is 0 Å². The summed E-state index contributed by atoms with van der Waals surface area (Å²) >= 11 is 0. The zero-order valence-electron chi connectivity index (χ0n) is 12.1. The fraction of sp³-hybridized carbons (Fsp3) is 0.867. The maximum absolute atomic E-state index is 12.7. The van der Waals surface area contributed by atoms with Crippen LogP contribution in [0.25, 0.3) is 0 Å². The third-order valence-corrected chi connectivity index (χ3v) is 4.85. The number of rotatable bonds is 3.